The van der Waals surface area contributed by atoms with Crippen molar-refractivity contribution in [1.29, 1.82) is 0 Å². The van der Waals surface area contributed by atoms with Crippen molar-refractivity contribution in [2.24, 2.45) is 0 Å². The first-order valence-electron chi connectivity index (χ1n) is 6.54. The third kappa shape index (κ3) is 3.07. The molecule has 0 aliphatic rings. The molecule has 0 radical (unpaired) electrons. The van der Waals surface area contributed by atoms with Crippen LogP contribution in [-0.4, -0.2) is 38.0 Å². The summed E-state index contributed by atoms with van der Waals surface area (Å²) in [6.07, 6.45) is 1.62. The smallest absolute Gasteiger partial charge is 0.326 e. The second-order valence-electron chi connectivity index (χ2n) is 4.50. The number of aliphatic carboxylic acids is 1. The number of fused-ring (bicyclic) bond motifs is 1. The normalized spacial score (nSPS) is 12.0. The lowest BCUT2D eigenvalue weighted by Crippen LogP contribution is -2.40. The van der Waals surface area contributed by atoms with Gasteiger partial charge >= 0.3 is 5.97 Å². The molecular weight excluding hydrogens is 272 g/mol. The first-order valence-corrected chi connectivity index (χ1v) is 6.54. The Kier molecular flexibility index (Phi) is 4.32. The van der Waals surface area contributed by atoms with E-state index in [-0.39, 0.29) is 6.42 Å². The van der Waals surface area contributed by atoms with E-state index < -0.39 is 17.9 Å². The summed E-state index contributed by atoms with van der Waals surface area (Å²) in [6.45, 7) is 6.11. The maximum Gasteiger partial charge on any atom is 0.326 e. The molecule has 0 aliphatic heterocycles. The highest BCUT2D eigenvalue weighted by molar-refractivity contribution is 5.99. The van der Waals surface area contributed by atoms with Gasteiger partial charge in [0.05, 0.1) is 5.52 Å². The van der Waals surface area contributed by atoms with Crippen molar-refractivity contribution in [3.05, 3.63) is 36.4 Å². The van der Waals surface area contributed by atoms with E-state index in [1.165, 1.54) is 6.08 Å². The minimum atomic E-state index is -1.10. The zero-order valence-corrected chi connectivity index (χ0v) is 11.6. The number of hydrogen-bond acceptors (Lipinski definition) is 4. The largest absolute Gasteiger partial charge is 0.480 e. The lowest BCUT2D eigenvalue weighted by atomic mass is 10.1. The number of carbonyl (C=O) groups excluding carboxylic acids is 1. The molecule has 1 unspecified atom stereocenters. The Morgan fingerprint density at radius 2 is 2.29 bits per heavy atom. The SMILES string of the molecule is C=CCC(NC(=O)c1ccc2c(c1)nnn2CC)C(=O)O. The molecule has 21 heavy (non-hydrogen) atoms. The molecule has 2 rings (SSSR count). The van der Waals surface area contributed by atoms with Crippen LogP contribution in [0.25, 0.3) is 11.0 Å². The van der Waals surface area contributed by atoms with Gasteiger partial charge in [-0.2, -0.15) is 0 Å². The summed E-state index contributed by atoms with van der Waals surface area (Å²) in [6, 6.07) is 3.98. The fourth-order valence-corrected chi connectivity index (χ4v) is 1.98. The van der Waals surface area contributed by atoms with Gasteiger partial charge in [0.25, 0.3) is 5.91 Å². The highest BCUT2D eigenvalue weighted by Gasteiger charge is 2.19. The predicted molar refractivity (Wildman–Crippen MR) is 76.9 cm³/mol. The van der Waals surface area contributed by atoms with Crippen LogP contribution in [-0.2, 0) is 11.3 Å². The van der Waals surface area contributed by atoms with Crippen LogP contribution in [0.4, 0.5) is 0 Å². The van der Waals surface area contributed by atoms with Gasteiger partial charge < -0.3 is 10.4 Å². The van der Waals surface area contributed by atoms with Crippen LogP contribution in [0, 0.1) is 0 Å². The Labute approximate surface area is 121 Å². The fourth-order valence-electron chi connectivity index (χ4n) is 1.98. The predicted octanol–water partition coefficient (Wildman–Crippen LogP) is 1.21. The van der Waals surface area contributed by atoms with Crippen molar-refractivity contribution in [2.45, 2.75) is 25.9 Å². The minimum absolute atomic E-state index is 0.162. The molecule has 0 aliphatic carbocycles. The molecular formula is C14H16N4O3. The summed E-state index contributed by atoms with van der Waals surface area (Å²) in [5.74, 6) is -1.56. The molecule has 0 saturated heterocycles. The molecule has 0 fully saturated rings. The summed E-state index contributed by atoms with van der Waals surface area (Å²) >= 11 is 0. The molecule has 1 heterocycles. The van der Waals surface area contributed by atoms with E-state index in [0.29, 0.717) is 17.6 Å². The lowest BCUT2D eigenvalue weighted by molar-refractivity contribution is -0.139. The zero-order valence-electron chi connectivity index (χ0n) is 11.6. The van der Waals surface area contributed by atoms with Gasteiger partial charge in [0.15, 0.2) is 0 Å². The number of aryl methyl sites for hydroxylation is 1. The van der Waals surface area contributed by atoms with Crippen LogP contribution in [0.5, 0.6) is 0 Å². The second kappa shape index (κ2) is 6.17. The number of benzene rings is 1. The van der Waals surface area contributed by atoms with Crippen molar-refractivity contribution in [3.8, 4) is 0 Å². The number of carbonyl (C=O) groups is 2. The number of amides is 1. The number of carboxylic acid groups (broad SMARTS) is 1. The third-order valence-electron chi connectivity index (χ3n) is 3.08. The van der Waals surface area contributed by atoms with Gasteiger partial charge in [-0.15, -0.1) is 11.7 Å². The van der Waals surface area contributed by atoms with Crippen molar-refractivity contribution in [1.82, 2.24) is 20.3 Å². The van der Waals surface area contributed by atoms with Crippen LogP contribution >= 0.6 is 0 Å². The molecule has 2 aromatic rings. The van der Waals surface area contributed by atoms with Crippen LogP contribution in [0.15, 0.2) is 30.9 Å². The Bertz CT molecular complexity index is 693. The maximum absolute atomic E-state index is 12.1. The average Bonchev–Trinajstić information content (AvgIpc) is 2.88. The highest BCUT2D eigenvalue weighted by atomic mass is 16.4. The van der Waals surface area contributed by atoms with Gasteiger partial charge in [0.2, 0.25) is 0 Å². The van der Waals surface area contributed by atoms with Crippen LogP contribution in [0.1, 0.15) is 23.7 Å². The van der Waals surface area contributed by atoms with Gasteiger partial charge in [0.1, 0.15) is 11.6 Å². The molecule has 0 spiro atoms. The Balaban J connectivity index is 2.22. The second-order valence-corrected chi connectivity index (χ2v) is 4.50. The van der Waals surface area contributed by atoms with E-state index in [0.717, 1.165) is 5.52 Å². The zero-order chi connectivity index (χ0) is 15.4. The van der Waals surface area contributed by atoms with E-state index in [1.807, 2.05) is 6.92 Å². The average molecular weight is 288 g/mol. The number of rotatable bonds is 6. The van der Waals surface area contributed by atoms with Crippen molar-refractivity contribution >= 4 is 22.9 Å². The number of hydrogen-bond donors (Lipinski definition) is 2. The van der Waals surface area contributed by atoms with Crippen molar-refractivity contribution in [2.75, 3.05) is 0 Å². The lowest BCUT2D eigenvalue weighted by Gasteiger charge is -2.12. The van der Waals surface area contributed by atoms with Gasteiger partial charge in [-0.1, -0.05) is 11.3 Å². The Morgan fingerprint density at radius 3 is 2.90 bits per heavy atom. The number of carboxylic acids is 1. The van der Waals surface area contributed by atoms with E-state index >= 15 is 0 Å². The van der Waals surface area contributed by atoms with Crippen LogP contribution in [0.3, 0.4) is 0 Å². The van der Waals surface area contributed by atoms with E-state index in [1.54, 1.807) is 22.9 Å². The van der Waals surface area contributed by atoms with E-state index in [2.05, 4.69) is 22.2 Å². The third-order valence-corrected chi connectivity index (χ3v) is 3.08. The standard InChI is InChI=1S/C14H16N4O3/c1-3-5-10(14(20)21)15-13(19)9-6-7-12-11(8-9)16-17-18(12)4-2/h3,6-8,10H,1,4-5H2,2H3,(H,15,19)(H,20,21). The number of aromatic nitrogens is 3. The number of nitrogens with one attached hydrogen (secondary N) is 1. The van der Waals surface area contributed by atoms with Crippen molar-refractivity contribution < 1.29 is 14.7 Å². The Morgan fingerprint density at radius 1 is 1.52 bits per heavy atom. The van der Waals surface area contributed by atoms with E-state index in [9.17, 15) is 9.59 Å². The summed E-state index contributed by atoms with van der Waals surface area (Å²) in [4.78, 5) is 23.1. The maximum atomic E-state index is 12.1. The highest BCUT2D eigenvalue weighted by Crippen LogP contribution is 2.13. The monoisotopic (exact) mass is 288 g/mol. The van der Waals surface area contributed by atoms with Gasteiger partial charge in [-0.25, -0.2) is 9.48 Å². The summed E-state index contributed by atoms with van der Waals surface area (Å²) in [5.41, 5.74) is 1.77. The molecule has 1 aromatic carbocycles. The van der Waals surface area contributed by atoms with Gasteiger partial charge in [-0.3, -0.25) is 4.79 Å². The van der Waals surface area contributed by atoms with Gasteiger partial charge in [-0.05, 0) is 31.5 Å². The molecule has 0 saturated carbocycles. The fraction of sp³-hybridized carbons (Fsp3) is 0.286. The first-order chi connectivity index (χ1) is 10.1. The van der Waals surface area contributed by atoms with Crippen molar-refractivity contribution in [3.63, 3.8) is 0 Å². The molecule has 0 bridgehead atoms. The summed E-state index contributed by atoms with van der Waals surface area (Å²) < 4.78 is 1.72. The Hall–Kier alpha value is -2.70. The van der Waals surface area contributed by atoms with E-state index in [4.69, 9.17) is 5.11 Å². The van der Waals surface area contributed by atoms with Gasteiger partial charge in [0, 0.05) is 12.1 Å². The molecule has 7 heteroatoms. The molecule has 2 N–H and O–H groups in total. The first kappa shape index (κ1) is 14.7. The molecule has 110 valence electrons. The summed E-state index contributed by atoms with van der Waals surface area (Å²) in [5, 5.41) is 19.4. The quantitative estimate of drug-likeness (QED) is 0.779. The topological polar surface area (TPSA) is 97.1 Å². The molecule has 1 aromatic heterocycles. The van der Waals surface area contributed by atoms with Crippen LogP contribution in [0.2, 0.25) is 0 Å². The summed E-state index contributed by atoms with van der Waals surface area (Å²) in [7, 11) is 0. The number of nitrogens with zero attached hydrogens (tertiary/aromatic N) is 3. The molecule has 1 atom stereocenters. The van der Waals surface area contributed by atoms with Crippen LogP contribution < -0.4 is 5.32 Å². The molecule has 7 nitrogen and oxygen atoms in total. The molecule has 1 amide bonds. The minimum Gasteiger partial charge on any atom is -0.480 e.